The molecule has 1 rings (SSSR count). The van der Waals surface area contributed by atoms with Crippen molar-refractivity contribution in [3.05, 3.63) is 34.9 Å². The number of hydrogen-bond acceptors (Lipinski definition) is 9. The molecule has 5 nitrogen and oxygen atoms in total. The zero-order valence-electron chi connectivity index (χ0n) is 12.4. The number of carbonyl (C=O) groups excluding carboxylic acids is 1. The normalized spacial score (nSPS) is 11.7. The molecule has 0 aliphatic heterocycles. The van der Waals surface area contributed by atoms with Crippen molar-refractivity contribution < 1.29 is 4.79 Å². The lowest BCUT2D eigenvalue weighted by Gasteiger charge is -2.04. The van der Waals surface area contributed by atoms with Crippen molar-refractivity contribution in [2.45, 2.75) is 0 Å². The summed E-state index contributed by atoms with van der Waals surface area (Å²) in [4.78, 5) is 19.5. The van der Waals surface area contributed by atoms with E-state index in [4.69, 9.17) is 22.1 Å². The maximum atomic E-state index is 12.1. The number of thioether (sulfide) groups is 4. The van der Waals surface area contributed by atoms with E-state index >= 15 is 0 Å². The molecule has 10 heteroatoms. The second-order valence-corrected chi connectivity index (χ2v) is 8.79. The van der Waals surface area contributed by atoms with Crippen LogP contribution >= 0.6 is 58.6 Å². The summed E-state index contributed by atoms with van der Waals surface area (Å²) in [6, 6.07) is 6.65. The van der Waals surface area contributed by atoms with Gasteiger partial charge >= 0.3 is 0 Å². The van der Waals surface area contributed by atoms with Gasteiger partial charge in [-0.2, -0.15) is 20.5 Å². The fourth-order valence-corrected chi connectivity index (χ4v) is 5.19. The van der Waals surface area contributed by atoms with E-state index in [9.17, 15) is 4.79 Å². The molecule has 1 aromatic rings. The van der Waals surface area contributed by atoms with E-state index in [0.29, 0.717) is 24.4 Å². The average Bonchev–Trinajstić information content (AvgIpc) is 2.59. The van der Waals surface area contributed by atoms with Crippen LogP contribution in [0.1, 0.15) is 10.4 Å². The Bertz CT molecular complexity index is 707. The second kappa shape index (κ2) is 12.3. The molecule has 124 valence electrons. The highest BCUT2D eigenvalue weighted by molar-refractivity contribution is 8.47. The molecule has 0 unspecified atom stereocenters. The van der Waals surface area contributed by atoms with Gasteiger partial charge in [0.25, 0.3) is 0 Å². The molecule has 0 spiro atoms. The lowest BCUT2D eigenvalue weighted by Crippen LogP contribution is -2.04. The highest BCUT2D eigenvalue weighted by Crippen LogP contribution is 2.25. The van der Waals surface area contributed by atoms with Crippen molar-refractivity contribution in [1.82, 2.24) is 0 Å². The summed E-state index contributed by atoms with van der Waals surface area (Å²) in [5, 5.41) is 18.4. The molecular weight excluding hydrogens is 404 g/mol. The topological polar surface area (TPSA) is 89.4 Å². The summed E-state index contributed by atoms with van der Waals surface area (Å²) >= 11 is 11.1. The van der Waals surface area contributed by atoms with Crippen molar-refractivity contribution in [1.29, 1.82) is 10.5 Å². The third kappa shape index (κ3) is 8.13. The number of halogens is 1. The molecular formula is C14H11ClN4OS4. The zero-order chi connectivity index (χ0) is 17.8. The largest absolute Gasteiger partial charge is 0.293 e. The van der Waals surface area contributed by atoms with Gasteiger partial charge in [-0.25, -0.2) is 0 Å². The SMILES string of the molecule is CSC(=NC#N)SCSC(=NC#N)SCC(=O)c1ccc(Cl)cc1. The third-order valence-electron chi connectivity index (χ3n) is 2.31. The lowest BCUT2D eigenvalue weighted by molar-refractivity contribution is 0.102. The van der Waals surface area contributed by atoms with E-state index in [2.05, 4.69) is 9.98 Å². The Kier molecular flexibility index (Phi) is 10.7. The van der Waals surface area contributed by atoms with Gasteiger partial charge in [-0.15, -0.1) is 11.8 Å². The lowest BCUT2D eigenvalue weighted by atomic mass is 10.1. The maximum absolute atomic E-state index is 12.1. The van der Waals surface area contributed by atoms with Crippen LogP contribution in [0, 0.1) is 22.9 Å². The Morgan fingerprint density at radius 2 is 1.67 bits per heavy atom. The fourth-order valence-electron chi connectivity index (χ4n) is 1.30. The van der Waals surface area contributed by atoms with Crippen molar-refractivity contribution in [3.63, 3.8) is 0 Å². The number of rotatable bonds is 5. The third-order valence-corrected chi connectivity index (χ3v) is 6.93. The van der Waals surface area contributed by atoms with Gasteiger partial charge in [0.2, 0.25) is 12.4 Å². The molecule has 1 aromatic carbocycles. The minimum absolute atomic E-state index is 0.0635. The summed E-state index contributed by atoms with van der Waals surface area (Å²) in [7, 11) is 0. The summed E-state index contributed by atoms with van der Waals surface area (Å²) < 4.78 is 1.15. The number of aliphatic imine (C=N–C) groups is 2. The standard InChI is InChI=1S/C14H11ClN4OS4/c1-21-13(18-7-16)23-9-24-14(19-8-17)22-6-12(20)10-2-4-11(15)5-3-10/h2-5H,6,9H2,1H3. The van der Waals surface area contributed by atoms with Crippen LogP contribution in [0.5, 0.6) is 0 Å². The van der Waals surface area contributed by atoms with Crippen molar-refractivity contribution >= 4 is 73.2 Å². The van der Waals surface area contributed by atoms with E-state index in [0.717, 1.165) is 0 Å². The average molecular weight is 415 g/mol. The van der Waals surface area contributed by atoms with Gasteiger partial charge in [0, 0.05) is 10.6 Å². The summed E-state index contributed by atoms with van der Waals surface area (Å²) in [5.41, 5.74) is 0.563. The molecule has 0 aliphatic carbocycles. The molecule has 24 heavy (non-hydrogen) atoms. The first-order chi connectivity index (χ1) is 11.6. The molecule has 0 aliphatic rings. The highest BCUT2D eigenvalue weighted by atomic mass is 35.5. The maximum Gasteiger partial charge on any atom is 0.207 e. The predicted molar refractivity (Wildman–Crippen MR) is 108 cm³/mol. The van der Waals surface area contributed by atoms with E-state index < -0.39 is 0 Å². The molecule has 0 saturated carbocycles. The molecule has 0 saturated heterocycles. The number of ketones is 1. The quantitative estimate of drug-likeness (QED) is 0.226. The van der Waals surface area contributed by atoms with Crippen LogP contribution in [0.3, 0.4) is 0 Å². The van der Waals surface area contributed by atoms with Crippen molar-refractivity contribution in [3.8, 4) is 12.4 Å². The summed E-state index contributed by atoms with van der Waals surface area (Å²) in [6.45, 7) is 0. The monoisotopic (exact) mass is 414 g/mol. The molecule has 0 aromatic heterocycles. The van der Waals surface area contributed by atoms with E-state index in [1.807, 2.05) is 6.26 Å². The van der Waals surface area contributed by atoms with Gasteiger partial charge in [-0.05, 0) is 30.5 Å². The van der Waals surface area contributed by atoms with Gasteiger partial charge in [-0.3, -0.25) is 4.79 Å². The molecule has 0 N–H and O–H groups in total. The van der Waals surface area contributed by atoms with E-state index in [1.165, 1.54) is 47.0 Å². The van der Waals surface area contributed by atoms with Crippen LogP contribution in [0.4, 0.5) is 0 Å². The smallest absolute Gasteiger partial charge is 0.207 e. The minimum atomic E-state index is -0.0635. The van der Waals surface area contributed by atoms with Gasteiger partial charge < -0.3 is 0 Å². The summed E-state index contributed by atoms with van der Waals surface area (Å²) in [6.07, 6.45) is 5.31. The minimum Gasteiger partial charge on any atom is -0.293 e. The number of carbonyl (C=O) groups is 1. The first kappa shape index (κ1) is 20.9. The highest BCUT2D eigenvalue weighted by Gasteiger charge is 2.10. The second-order valence-electron chi connectivity index (χ2n) is 3.78. The Morgan fingerprint density at radius 3 is 2.25 bits per heavy atom. The Hall–Kier alpha value is -1.10. The summed E-state index contributed by atoms with van der Waals surface area (Å²) in [5.74, 6) is 0.119. The van der Waals surface area contributed by atoms with Crippen molar-refractivity contribution in [2.24, 2.45) is 9.98 Å². The molecule has 0 amide bonds. The fraction of sp³-hybridized carbons (Fsp3) is 0.214. The predicted octanol–water partition coefficient (Wildman–Crippen LogP) is 4.72. The van der Waals surface area contributed by atoms with Gasteiger partial charge in [0.05, 0.1) is 10.8 Å². The van der Waals surface area contributed by atoms with Gasteiger partial charge in [0.1, 0.15) is 8.75 Å². The molecule has 0 bridgehead atoms. The zero-order valence-corrected chi connectivity index (χ0v) is 16.5. The molecule has 0 fully saturated rings. The first-order valence-corrected chi connectivity index (χ1v) is 10.8. The van der Waals surface area contributed by atoms with Crippen LogP contribution in [0.25, 0.3) is 0 Å². The number of hydrogen-bond donors (Lipinski definition) is 0. The van der Waals surface area contributed by atoms with Crippen molar-refractivity contribution in [2.75, 3.05) is 17.1 Å². The Balaban J connectivity index is 2.52. The molecule has 0 radical (unpaired) electrons. The molecule has 0 atom stereocenters. The number of nitrogens with zero attached hydrogens (tertiary/aromatic N) is 4. The van der Waals surface area contributed by atoms with Gasteiger partial charge in [-0.1, -0.05) is 46.9 Å². The van der Waals surface area contributed by atoms with Crippen LogP contribution in [0.2, 0.25) is 5.02 Å². The molecule has 0 heterocycles. The van der Waals surface area contributed by atoms with Crippen LogP contribution in [-0.2, 0) is 0 Å². The van der Waals surface area contributed by atoms with E-state index in [-0.39, 0.29) is 11.5 Å². The van der Waals surface area contributed by atoms with E-state index in [1.54, 1.807) is 36.7 Å². The number of Topliss-reactive ketones (excluding diaryl/α,β-unsaturated/α-hetero) is 1. The van der Waals surface area contributed by atoms with Crippen LogP contribution in [-0.4, -0.2) is 31.6 Å². The number of benzene rings is 1. The van der Waals surface area contributed by atoms with Crippen LogP contribution < -0.4 is 0 Å². The van der Waals surface area contributed by atoms with Crippen LogP contribution in [0.15, 0.2) is 34.3 Å². The number of nitriles is 2. The Morgan fingerprint density at radius 1 is 1.08 bits per heavy atom. The first-order valence-electron chi connectivity index (χ1n) is 6.25. The Labute approximate surface area is 162 Å². The van der Waals surface area contributed by atoms with Gasteiger partial charge in [0.15, 0.2) is 5.78 Å².